The summed E-state index contributed by atoms with van der Waals surface area (Å²) in [5.41, 5.74) is 0.747. The number of hydrogen-bond acceptors (Lipinski definition) is 2. The Morgan fingerprint density at radius 3 is 2.75 bits per heavy atom. The van der Waals surface area contributed by atoms with Gasteiger partial charge in [0, 0.05) is 29.2 Å². The summed E-state index contributed by atoms with van der Waals surface area (Å²) in [6.07, 6.45) is 0. The third kappa shape index (κ3) is 2.62. The molecule has 0 saturated carbocycles. The SMILES string of the molecule is CC(c1cc(Br)ccc1F)N1CCOCC1. The number of hydrogen-bond donors (Lipinski definition) is 0. The Kier molecular flexibility index (Phi) is 3.95. The molecule has 4 heteroatoms. The van der Waals surface area contributed by atoms with Crippen LogP contribution in [0.15, 0.2) is 22.7 Å². The van der Waals surface area contributed by atoms with Crippen LogP contribution in [0, 0.1) is 5.82 Å². The zero-order chi connectivity index (χ0) is 11.5. The van der Waals surface area contributed by atoms with Crippen LogP contribution in [0.1, 0.15) is 18.5 Å². The van der Waals surface area contributed by atoms with Gasteiger partial charge >= 0.3 is 0 Å². The van der Waals surface area contributed by atoms with E-state index < -0.39 is 0 Å². The van der Waals surface area contributed by atoms with E-state index in [1.54, 1.807) is 6.07 Å². The summed E-state index contributed by atoms with van der Waals surface area (Å²) >= 11 is 3.38. The van der Waals surface area contributed by atoms with Crippen molar-refractivity contribution >= 4 is 15.9 Å². The van der Waals surface area contributed by atoms with E-state index in [2.05, 4.69) is 20.8 Å². The van der Waals surface area contributed by atoms with Gasteiger partial charge in [-0.1, -0.05) is 15.9 Å². The van der Waals surface area contributed by atoms with Crippen molar-refractivity contribution in [3.8, 4) is 0 Å². The zero-order valence-corrected chi connectivity index (χ0v) is 10.8. The van der Waals surface area contributed by atoms with Gasteiger partial charge in [-0.3, -0.25) is 4.90 Å². The van der Waals surface area contributed by atoms with E-state index in [-0.39, 0.29) is 11.9 Å². The normalized spacial score (nSPS) is 19.7. The molecule has 0 amide bonds. The van der Waals surface area contributed by atoms with Crippen molar-refractivity contribution in [3.05, 3.63) is 34.1 Å². The summed E-state index contributed by atoms with van der Waals surface area (Å²) in [5.74, 6) is -0.137. The second-order valence-corrected chi connectivity index (χ2v) is 4.91. The summed E-state index contributed by atoms with van der Waals surface area (Å²) in [4.78, 5) is 2.24. The van der Waals surface area contributed by atoms with Crippen molar-refractivity contribution in [1.82, 2.24) is 4.90 Å². The molecule has 1 aliphatic heterocycles. The van der Waals surface area contributed by atoms with Crippen LogP contribution >= 0.6 is 15.9 Å². The highest BCUT2D eigenvalue weighted by molar-refractivity contribution is 9.10. The van der Waals surface area contributed by atoms with Gasteiger partial charge in [0.05, 0.1) is 13.2 Å². The molecule has 1 unspecified atom stereocenters. The number of nitrogens with zero attached hydrogens (tertiary/aromatic N) is 1. The predicted molar refractivity (Wildman–Crippen MR) is 64.9 cm³/mol. The van der Waals surface area contributed by atoms with Crippen molar-refractivity contribution in [1.29, 1.82) is 0 Å². The summed E-state index contributed by atoms with van der Waals surface area (Å²) in [5, 5.41) is 0. The van der Waals surface area contributed by atoms with Gasteiger partial charge in [0.1, 0.15) is 5.82 Å². The van der Waals surface area contributed by atoms with Crippen LogP contribution < -0.4 is 0 Å². The monoisotopic (exact) mass is 287 g/mol. The predicted octanol–water partition coefficient (Wildman–Crippen LogP) is 2.98. The summed E-state index contributed by atoms with van der Waals surface area (Å²) in [6, 6.07) is 5.19. The lowest BCUT2D eigenvalue weighted by molar-refractivity contribution is 0.0192. The highest BCUT2D eigenvalue weighted by Crippen LogP contribution is 2.26. The van der Waals surface area contributed by atoms with Crippen LogP contribution in [0.2, 0.25) is 0 Å². The Bertz CT molecular complexity index is 366. The molecule has 0 spiro atoms. The minimum absolute atomic E-state index is 0.0985. The van der Waals surface area contributed by atoms with Gasteiger partial charge in [-0.15, -0.1) is 0 Å². The number of benzene rings is 1. The van der Waals surface area contributed by atoms with Gasteiger partial charge in [-0.05, 0) is 25.1 Å². The van der Waals surface area contributed by atoms with E-state index >= 15 is 0 Å². The zero-order valence-electron chi connectivity index (χ0n) is 9.25. The van der Waals surface area contributed by atoms with E-state index in [1.165, 1.54) is 6.07 Å². The van der Waals surface area contributed by atoms with Crippen LogP contribution in [0.25, 0.3) is 0 Å². The van der Waals surface area contributed by atoms with Gasteiger partial charge in [-0.2, -0.15) is 0 Å². The first-order valence-electron chi connectivity index (χ1n) is 5.45. The number of ether oxygens (including phenoxy) is 1. The minimum Gasteiger partial charge on any atom is -0.379 e. The molecular weight excluding hydrogens is 273 g/mol. The fourth-order valence-electron chi connectivity index (χ4n) is 2.00. The number of rotatable bonds is 2. The molecule has 1 atom stereocenters. The Balaban J connectivity index is 2.18. The van der Waals surface area contributed by atoms with Crippen LogP contribution in [0.3, 0.4) is 0 Å². The van der Waals surface area contributed by atoms with Crippen molar-refractivity contribution < 1.29 is 9.13 Å². The van der Waals surface area contributed by atoms with Crippen LogP contribution in [0.5, 0.6) is 0 Å². The summed E-state index contributed by atoms with van der Waals surface area (Å²) in [6.45, 7) is 5.25. The lowest BCUT2D eigenvalue weighted by Gasteiger charge is -2.32. The summed E-state index contributed by atoms with van der Waals surface area (Å²) < 4.78 is 19.9. The van der Waals surface area contributed by atoms with E-state index in [0.29, 0.717) is 0 Å². The maximum Gasteiger partial charge on any atom is 0.128 e. The standard InChI is InChI=1S/C12H15BrFNO/c1-9(15-4-6-16-7-5-15)11-8-10(13)2-3-12(11)14/h2-3,8-9H,4-7H2,1H3. The van der Waals surface area contributed by atoms with Gasteiger partial charge in [-0.25, -0.2) is 4.39 Å². The molecular formula is C12H15BrFNO. The topological polar surface area (TPSA) is 12.5 Å². The molecule has 1 saturated heterocycles. The second-order valence-electron chi connectivity index (χ2n) is 3.99. The van der Waals surface area contributed by atoms with Crippen LogP contribution in [-0.4, -0.2) is 31.2 Å². The fraction of sp³-hybridized carbons (Fsp3) is 0.500. The summed E-state index contributed by atoms with van der Waals surface area (Å²) in [7, 11) is 0. The maximum absolute atomic E-state index is 13.7. The molecule has 1 aromatic rings. The molecule has 0 radical (unpaired) electrons. The largest absolute Gasteiger partial charge is 0.379 e. The number of halogens is 2. The van der Waals surface area contributed by atoms with E-state index in [0.717, 1.165) is 36.3 Å². The van der Waals surface area contributed by atoms with Gasteiger partial charge in [0.25, 0.3) is 0 Å². The molecule has 1 aliphatic rings. The fourth-order valence-corrected chi connectivity index (χ4v) is 2.38. The number of morpholine rings is 1. The van der Waals surface area contributed by atoms with E-state index in [9.17, 15) is 4.39 Å². The molecule has 0 aromatic heterocycles. The quantitative estimate of drug-likeness (QED) is 0.829. The molecule has 2 nitrogen and oxygen atoms in total. The molecule has 0 aliphatic carbocycles. The Labute approximate surface area is 104 Å². The third-order valence-electron chi connectivity index (χ3n) is 3.00. The molecule has 1 aromatic carbocycles. The van der Waals surface area contributed by atoms with E-state index in [1.807, 2.05) is 13.0 Å². The Morgan fingerprint density at radius 1 is 1.38 bits per heavy atom. The van der Waals surface area contributed by atoms with Crippen molar-refractivity contribution in [3.63, 3.8) is 0 Å². The van der Waals surface area contributed by atoms with Gasteiger partial charge in [0.15, 0.2) is 0 Å². The van der Waals surface area contributed by atoms with Crippen LogP contribution in [0.4, 0.5) is 4.39 Å². The van der Waals surface area contributed by atoms with E-state index in [4.69, 9.17) is 4.74 Å². The molecule has 1 heterocycles. The average molecular weight is 288 g/mol. The molecule has 0 N–H and O–H groups in total. The van der Waals surface area contributed by atoms with Crippen molar-refractivity contribution in [2.24, 2.45) is 0 Å². The Hall–Kier alpha value is -0.450. The highest BCUT2D eigenvalue weighted by Gasteiger charge is 2.20. The van der Waals surface area contributed by atoms with Gasteiger partial charge in [0.2, 0.25) is 0 Å². The molecule has 88 valence electrons. The maximum atomic E-state index is 13.7. The lowest BCUT2D eigenvalue weighted by Crippen LogP contribution is -2.38. The van der Waals surface area contributed by atoms with Crippen molar-refractivity contribution in [2.45, 2.75) is 13.0 Å². The first-order valence-corrected chi connectivity index (χ1v) is 6.24. The molecule has 0 bridgehead atoms. The minimum atomic E-state index is -0.137. The second kappa shape index (κ2) is 5.25. The molecule has 2 rings (SSSR count). The first kappa shape index (κ1) is 12.0. The average Bonchev–Trinajstić information content (AvgIpc) is 2.32. The smallest absolute Gasteiger partial charge is 0.128 e. The third-order valence-corrected chi connectivity index (χ3v) is 3.49. The van der Waals surface area contributed by atoms with Crippen molar-refractivity contribution in [2.75, 3.05) is 26.3 Å². The lowest BCUT2D eigenvalue weighted by atomic mass is 10.1. The molecule has 16 heavy (non-hydrogen) atoms. The first-order chi connectivity index (χ1) is 7.68. The van der Waals surface area contributed by atoms with Gasteiger partial charge < -0.3 is 4.74 Å². The Morgan fingerprint density at radius 2 is 2.06 bits per heavy atom. The van der Waals surface area contributed by atoms with Crippen LogP contribution in [-0.2, 0) is 4.74 Å². The molecule has 1 fully saturated rings. The highest BCUT2D eigenvalue weighted by atomic mass is 79.9.